The number of benzene rings is 1. The molecule has 0 N–H and O–H groups in total. The van der Waals surface area contributed by atoms with E-state index in [-0.39, 0.29) is 12.2 Å². The molecule has 1 aliphatic heterocycles. The SMILES string of the molecule is CCOC(=O)C1=C(c2ccccc2)N=c2s/c(=C\c3ccc(C)o3)c(=O)n2[C@@H]1c1cccs1. The van der Waals surface area contributed by atoms with E-state index in [0.717, 1.165) is 16.2 Å². The van der Waals surface area contributed by atoms with Crippen LogP contribution in [0.4, 0.5) is 0 Å². The summed E-state index contributed by atoms with van der Waals surface area (Å²) in [7, 11) is 0. The third-order valence-electron chi connectivity index (χ3n) is 5.22. The zero-order valence-electron chi connectivity index (χ0n) is 18.0. The van der Waals surface area contributed by atoms with Crippen LogP contribution in [0, 0.1) is 6.92 Å². The van der Waals surface area contributed by atoms with Crippen molar-refractivity contribution in [2.75, 3.05) is 6.61 Å². The number of carbonyl (C=O) groups excluding carboxylic acids is 1. The maximum atomic E-state index is 13.6. The molecule has 0 aliphatic carbocycles. The molecule has 6 nitrogen and oxygen atoms in total. The van der Waals surface area contributed by atoms with Gasteiger partial charge in [-0.05, 0) is 37.4 Å². The van der Waals surface area contributed by atoms with Crippen molar-refractivity contribution in [3.8, 4) is 0 Å². The first kappa shape index (κ1) is 21.4. The van der Waals surface area contributed by atoms with Crippen LogP contribution in [0.3, 0.4) is 0 Å². The summed E-state index contributed by atoms with van der Waals surface area (Å²) in [5, 5.41) is 1.93. The minimum Gasteiger partial charge on any atom is -0.463 e. The molecule has 33 heavy (non-hydrogen) atoms. The first-order chi connectivity index (χ1) is 16.1. The van der Waals surface area contributed by atoms with E-state index in [1.54, 1.807) is 17.6 Å². The Morgan fingerprint density at radius 3 is 2.67 bits per heavy atom. The number of furan rings is 1. The molecule has 4 aromatic rings. The van der Waals surface area contributed by atoms with Crippen LogP contribution in [0.15, 0.2) is 79.8 Å². The standard InChI is InChI=1S/C25H20N2O4S2/c1-3-30-24(29)20-21(16-8-5-4-6-9-16)26-25-27(22(20)18-10-7-13-32-18)23(28)19(33-25)14-17-12-11-15(2)31-17/h4-14,22H,3H2,1-2H3/b19-14-/t22-/m1/s1. The van der Waals surface area contributed by atoms with Gasteiger partial charge in [-0.3, -0.25) is 9.36 Å². The van der Waals surface area contributed by atoms with Crippen molar-refractivity contribution in [3.05, 3.63) is 107 Å². The average molecular weight is 477 g/mol. The van der Waals surface area contributed by atoms with E-state index in [1.165, 1.54) is 22.7 Å². The smallest absolute Gasteiger partial charge is 0.338 e. The van der Waals surface area contributed by atoms with Crippen LogP contribution in [-0.4, -0.2) is 17.1 Å². The number of thiophene rings is 1. The van der Waals surface area contributed by atoms with Crippen LogP contribution in [0.1, 0.15) is 34.9 Å². The first-order valence-corrected chi connectivity index (χ1v) is 12.1. The highest BCUT2D eigenvalue weighted by Crippen LogP contribution is 2.36. The zero-order valence-corrected chi connectivity index (χ0v) is 19.6. The molecule has 0 amide bonds. The van der Waals surface area contributed by atoms with Gasteiger partial charge in [0.1, 0.15) is 17.6 Å². The highest BCUT2D eigenvalue weighted by atomic mass is 32.1. The summed E-state index contributed by atoms with van der Waals surface area (Å²) in [6.45, 7) is 3.85. The molecule has 0 saturated heterocycles. The lowest BCUT2D eigenvalue weighted by molar-refractivity contribution is -0.138. The van der Waals surface area contributed by atoms with Crippen molar-refractivity contribution in [3.63, 3.8) is 0 Å². The summed E-state index contributed by atoms with van der Waals surface area (Å²) in [6, 6.07) is 16.4. The number of aromatic nitrogens is 1. The summed E-state index contributed by atoms with van der Waals surface area (Å²) in [4.78, 5) is 33.0. The third kappa shape index (κ3) is 3.92. The van der Waals surface area contributed by atoms with E-state index in [9.17, 15) is 9.59 Å². The van der Waals surface area contributed by atoms with Gasteiger partial charge in [0.2, 0.25) is 0 Å². The highest BCUT2D eigenvalue weighted by Gasteiger charge is 2.35. The van der Waals surface area contributed by atoms with Crippen molar-refractivity contribution in [1.29, 1.82) is 0 Å². The van der Waals surface area contributed by atoms with E-state index in [1.807, 2.05) is 66.9 Å². The van der Waals surface area contributed by atoms with Crippen molar-refractivity contribution < 1.29 is 13.9 Å². The minimum absolute atomic E-state index is 0.222. The Hall–Kier alpha value is -3.49. The fourth-order valence-electron chi connectivity index (χ4n) is 3.82. The van der Waals surface area contributed by atoms with Gasteiger partial charge >= 0.3 is 5.97 Å². The second-order valence-electron chi connectivity index (χ2n) is 7.40. The molecular weight excluding hydrogens is 456 g/mol. The third-order valence-corrected chi connectivity index (χ3v) is 7.13. The Morgan fingerprint density at radius 1 is 1.18 bits per heavy atom. The number of nitrogens with zero attached hydrogens (tertiary/aromatic N) is 2. The van der Waals surface area contributed by atoms with Crippen LogP contribution >= 0.6 is 22.7 Å². The topological polar surface area (TPSA) is 73.8 Å². The van der Waals surface area contributed by atoms with E-state index in [2.05, 4.69) is 0 Å². The number of hydrogen-bond acceptors (Lipinski definition) is 7. The van der Waals surface area contributed by atoms with E-state index in [0.29, 0.717) is 26.4 Å². The van der Waals surface area contributed by atoms with Crippen molar-refractivity contribution in [1.82, 2.24) is 4.57 Å². The summed E-state index contributed by atoms with van der Waals surface area (Å²) in [6.07, 6.45) is 1.72. The van der Waals surface area contributed by atoms with E-state index >= 15 is 0 Å². The highest BCUT2D eigenvalue weighted by molar-refractivity contribution is 7.10. The van der Waals surface area contributed by atoms with Gasteiger partial charge in [0, 0.05) is 16.5 Å². The quantitative estimate of drug-likeness (QED) is 0.410. The molecule has 8 heteroatoms. The lowest BCUT2D eigenvalue weighted by Gasteiger charge is -2.24. The predicted octanol–water partition coefficient (Wildman–Crippen LogP) is 3.90. The van der Waals surface area contributed by atoms with Crippen LogP contribution in [0.25, 0.3) is 11.8 Å². The number of thiazole rings is 1. The zero-order chi connectivity index (χ0) is 22.9. The first-order valence-electron chi connectivity index (χ1n) is 10.4. The molecule has 0 unspecified atom stereocenters. The Labute approximate surface area is 197 Å². The lowest BCUT2D eigenvalue weighted by atomic mass is 9.97. The monoisotopic (exact) mass is 476 g/mol. The van der Waals surface area contributed by atoms with Crippen molar-refractivity contribution >= 4 is 40.4 Å². The van der Waals surface area contributed by atoms with Gasteiger partial charge in [0.25, 0.3) is 5.56 Å². The Bertz CT molecular complexity index is 1520. The molecule has 0 saturated carbocycles. The van der Waals surface area contributed by atoms with Gasteiger partial charge < -0.3 is 9.15 Å². The molecule has 0 radical (unpaired) electrons. The molecule has 1 atom stereocenters. The summed E-state index contributed by atoms with van der Waals surface area (Å²) in [5.41, 5.74) is 1.45. The van der Waals surface area contributed by atoms with Gasteiger partial charge in [0.05, 0.1) is 22.4 Å². The summed E-state index contributed by atoms with van der Waals surface area (Å²) < 4.78 is 13.2. The van der Waals surface area contributed by atoms with Gasteiger partial charge in [-0.2, -0.15) is 0 Å². The molecular formula is C25H20N2O4S2. The molecule has 0 fully saturated rings. The van der Waals surface area contributed by atoms with Crippen LogP contribution in [0.5, 0.6) is 0 Å². The normalized spacial score (nSPS) is 15.9. The minimum atomic E-state index is -0.629. The Balaban J connectivity index is 1.82. The van der Waals surface area contributed by atoms with E-state index < -0.39 is 12.0 Å². The fourth-order valence-corrected chi connectivity index (χ4v) is 5.62. The van der Waals surface area contributed by atoms with Crippen LogP contribution in [0.2, 0.25) is 0 Å². The van der Waals surface area contributed by atoms with Gasteiger partial charge in [-0.15, -0.1) is 11.3 Å². The largest absolute Gasteiger partial charge is 0.463 e. The average Bonchev–Trinajstić information content (AvgIpc) is 3.55. The number of esters is 1. The van der Waals surface area contributed by atoms with Crippen molar-refractivity contribution in [2.45, 2.75) is 19.9 Å². The number of rotatable bonds is 5. The number of hydrogen-bond donors (Lipinski definition) is 0. The number of carbonyl (C=O) groups is 1. The second kappa shape index (κ2) is 8.80. The van der Waals surface area contributed by atoms with Gasteiger partial charge in [0.15, 0.2) is 4.80 Å². The predicted molar refractivity (Wildman–Crippen MR) is 129 cm³/mol. The van der Waals surface area contributed by atoms with Crippen LogP contribution in [-0.2, 0) is 9.53 Å². The molecule has 166 valence electrons. The molecule has 4 heterocycles. The Kier molecular flexibility index (Phi) is 5.70. The maximum Gasteiger partial charge on any atom is 0.338 e. The number of ether oxygens (including phenoxy) is 1. The van der Waals surface area contributed by atoms with Gasteiger partial charge in [-0.25, -0.2) is 9.79 Å². The maximum absolute atomic E-state index is 13.6. The molecule has 1 aromatic carbocycles. The molecule has 3 aromatic heterocycles. The molecule has 0 spiro atoms. The molecule has 5 rings (SSSR count). The van der Waals surface area contributed by atoms with E-state index in [4.69, 9.17) is 14.1 Å². The van der Waals surface area contributed by atoms with Crippen LogP contribution < -0.4 is 14.9 Å². The number of aryl methyl sites for hydroxylation is 1. The fraction of sp³-hybridized carbons (Fsp3) is 0.160. The number of fused-ring (bicyclic) bond motifs is 1. The molecule has 1 aliphatic rings. The summed E-state index contributed by atoms with van der Waals surface area (Å²) >= 11 is 2.77. The second-order valence-corrected chi connectivity index (χ2v) is 9.38. The van der Waals surface area contributed by atoms with Crippen molar-refractivity contribution in [2.24, 2.45) is 4.99 Å². The van der Waals surface area contributed by atoms with Gasteiger partial charge in [-0.1, -0.05) is 47.7 Å². The summed E-state index contributed by atoms with van der Waals surface area (Å²) in [5.74, 6) is 0.884. The Morgan fingerprint density at radius 2 is 2.00 bits per heavy atom. The molecule has 0 bridgehead atoms. The lowest BCUT2D eigenvalue weighted by Crippen LogP contribution is -2.39.